The largest absolute Gasteiger partial charge is 0.482 e. The fraction of sp³-hybridized carbons (Fsp3) is 0.200. The van der Waals surface area contributed by atoms with Gasteiger partial charge in [-0.3, -0.25) is 24.1 Å². The van der Waals surface area contributed by atoms with Crippen molar-refractivity contribution < 1.29 is 9.53 Å². The topological polar surface area (TPSA) is 140 Å². The Morgan fingerprint density at radius 1 is 0.932 bits per heavy atom. The second-order valence-corrected chi connectivity index (χ2v) is 11.2. The van der Waals surface area contributed by atoms with Crippen LogP contribution >= 0.6 is 23.2 Å². The summed E-state index contributed by atoms with van der Waals surface area (Å²) in [7, 11) is 1.68. The maximum atomic E-state index is 13.9. The zero-order valence-corrected chi connectivity index (χ0v) is 25.5. The van der Waals surface area contributed by atoms with E-state index in [0.29, 0.717) is 49.7 Å². The van der Waals surface area contributed by atoms with Crippen LogP contribution in [-0.2, 0) is 31.5 Å². The van der Waals surface area contributed by atoms with Crippen molar-refractivity contribution in [1.82, 2.24) is 39.5 Å². The lowest BCUT2D eigenvalue weighted by Gasteiger charge is -2.22. The van der Waals surface area contributed by atoms with Crippen molar-refractivity contribution >= 4 is 45.8 Å². The average Bonchev–Trinajstić information content (AvgIpc) is 3.76. The molecule has 0 bridgehead atoms. The minimum absolute atomic E-state index is 0.106. The van der Waals surface area contributed by atoms with Crippen LogP contribution in [0.25, 0.3) is 22.2 Å². The summed E-state index contributed by atoms with van der Waals surface area (Å²) in [6.45, 7) is 3.97. The Kier molecular flexibility index (Phi) is 7.93. The fourth-order valence-electron chi connectivity index (χ4n) is 5.09. The Hall–Kier alpha value is -4.94. The number of fused-ring (bicyclic) bond motifs is 1. The quantitative estimate of drug-likeness (QED) is 0.229. The van der Waals surface area contributed by atoms with E-state index in [0.717, 1.165) is 16.7 Å². The normalized spacial score (nSPS) is 11.3. The van der Waals surface area contributed by atoms with Crippen LogP contribution in [-0.4, -0.2) is 45.4 Å². The van der Waals surface area contributed by atoms with Crippen molar-refractivity contribution in [3.05, 3.63) is 104 Å². The molecule has 12 nitrogen and oxygen atoms in total. The van der Waals surface area contributed by atoms with E-state index in [9.17, 15) is 9.59 Å². The second-order valence-electron chi connectivity index (χ2n) is 10.3. The van der Waals surface area contributed by atoms with E-state index in [1.165, 1.54) is 21.8 Å². The molecule has 0 unspecified atom stereocenters. The molecular formula is C30H27Cl2N9O3. The predicted molar refractivity (Wildman–Crippen MR) is 167 cm³/mol. The van der Waals surface area contributed by atoms with Gasteiger partial charge in [0.05, 0.1) is 27.6 Å². The molecule has 0 aliphatic rings. The van der Waals surface area contributed by atoms with Gasteiger partial charge in [0, 0.05) is 18.3 Å². The van der Waals surface area contributed by atoms with Gasteiger partial charge in [0.15, 0.2) is 11.6 Å². The number of hydrogen-bond acceptors (Lipinski definition) is 7. The Morgan fingerprint density at radius 3 is 2.23 bits per heavy atom. The van der Waals surface area contributed by atoms with Gasteiger partial charge in [-0.05, 0) is 61.4 Å². The lowest BCUT2D eigenvalue weighted by Crippen LogP contribution is -2.36. The highest BCUT2D eigenvalue weighted by molar-refractivity contribution is 6.37. The maximum Gasteiger partial charge on any atom is 0.329 e. The molecule has 0 saturated heterocycles. The summed E-state index contributed by atoms with van der Waals surface area (Å²) >= 11 is 13.3. The van der Waals surface area contributed by atoms with E-state index < -0.39 is 0 Å². The van der Waals surface area contributed by atoms with Gasteiger partial charge in [0.2, 0.25) is 5.91 Å². The highest BCUT2D eigenvalue weighted by Gasteiger charge is 2.23. The molecular weight excluding hydrogens is 605 g/mol. The van der Waals surface area contributed by atoms with E-state index in [1.807, 2.05) is 50.2 Å². The number of aromatic nitrogens is 8. The van der Waals surface area contributed by atoms with Gasteiger partial charge >= 0.3 is 5.69 Å². The van der Waals surface area contributed by atoms with Crippen LogP contribution in [0, 0.1) is 13.8 Å². The summed E-state index contributed by atoms with van der Waals surface area (Å²) in [5.74, 6) is 1.05. The average molecular weight is 633 g/mol. The zero-order valence-electron chi connectivity index (χ0n) is 24.0. The standard InChI is InChI=1S/C30H27Cl2N9O3/c1-17-4-6-20(7-5-17)40(12-25-33-15-35-37-25)27(42)13-41-24-9-18(2)8-21(28(24)39(3)30(41)43)19-10-22(31)29(23(32)11-19)44-14-26-34-16-36-38-26/h4-11,15-16H,12-14H2,1-3H3,(H,33,35,37)(H,34,36,38). The molecule has 2 N–H and O–H groups in total. The van der Waals surface area contributed by atoms with E-state index >= 15 is 0 Å². The van der Waals surface area contributed by atoms with Crippen molar-refractivity contribution in [2.24, 2.45) is 7.05 Å². The number of benzene rings is 3. The monoisotopic (exact) mass is 631 g/mol. The third-order valence-corrected chi connectivity index (χ3v) is 7.78. The van der Waals surface area contributed by atoms with Gasteiger partial charge < -0.3 is 9.64 Å². The van der Waals surface area contributed by atoms with Crippen LogP contribution in [0.4, 0.5) is 5.69 Å². The van der Waals surface area contributed by atoms with Crippen LogP contribution in [0.5, 0.6) is 5.75 Å². The number of halogens is 2. The van der Waals surface area contributed by atoms with Crippen LogP contribution in [0.1, 0.15) is 22.8 Å². The van der Waals surface area contributed by atoms with Crippen LogP contribution in [0.15, 0.2) is 66.0 Å². The zero-order chi connectivity index (χ0) is 31.0. The first-order valence-electron chi connectivity index (χ1n) is 13.6. The van der Waals surface area contributed by atoms with Crippen LogP contribution in [0.2, 0.25) is 10.0 Å². The molecule has 44 heavy (non-hydrogen) atoms. The van der Waals surface area contributed by atoms with Gasteiger partial charge in [-0.15, -0.1) is 0 Å². The number of carbonyl (C=O) groups is 1. The number of amides is 1. The molecule has 3 aromatic carbocycles. The van der Waals surface area contributed by atoms with Crippen molar-refractivity contribution in [3.8, 4) is 16.9 Å². The Bertz CT molecular complexity index is 1990. The molecule has 0 fully saturated rings. The molecule has 0 atom stereocenters. The molecule has 0 spiro atoms. The molecule has 0 saturated carbocycles. The SMILES string of the molecule is Cc1ccc(N(Cc2ncn[nH]2)C(=O)Cn2c(=O)n(C)c3c(-c4cc(Cl)c(OCc5ncn[nH]5)c(Cl)c4)cc(C)cc32)cc1. The highest BCUT2D eigenvalue weighted by Crippen LogP contribution is 2.40. The molecule has 224 valence electrons. The van der Waals surface area contributed by atoms with Gasteiger partial charge in [-0.25, -0.2) is 14.8 Å². The number of aryl methyl sites for hydroxylation is 3. The van der Waals surface area contributed by atoms with Gasteiger partial charge in [0.25, 0.3) is 0 Å². The third kappa shape index (κ3) is 5.69. The summed E-state index contributed by atoms with van der Waals surface area (Å²) in [4.78, 5) is 37.4. The first kappa shape index (κ1) is 29.1. The summed E-state index contributed by atoms with van der Waals surface area (Å²) < 4.78 is 8.81. The van der Waals surface area contributed by atoms with E-state index in [4.69, 9.17) is 27.9 Å². The lowest BCUT2D eigenvalue weighted by atomic mass is 10.0. The fourth-order valence-corrected chi connectivity index (χ4v) is 5.69. The maximum absolute atomic E-state index is 13.9. The van der Waals surface area contributed by atoms with E-state index in [1.54, 1.807) is 24.1 Å². The lowest BCUT2D eigenvalue weighted by molar-refractivity contribution is -0.119. The number of nitrogens with zero attached hydrogens (tertiary/aromatic N) is 7. The molecule has 3 aromatic heterocycles. The number of nitrogens with one attached hydrogen (secondary N) is 2. The molecule has 6 rings (SSSR count). The first-order chi connectivity index (χ1) is 21.2. The number of ether oxygens (including phenoxy) is 1. The van der Waals surface area contributed by atoms with Crippen molar-refractivity contribution in [2.45, 2.75) is 33.5 Å². The number of carbonyl (C=O) groups excluding carboxylic acids is 1. The van der Waals surface area contributed by atoms with E-state index in [-0.39, 0.29) is 31.3 Å². The number of anilines is 1. The second kappa shape index (κ2) is 12.0. The van der Waals surface area contributed by atoms with Crippen LogP contribution < -0.4 is 15.3 Å². The number of H-pyrrole nitrogens is 2. The van der Waals surface area contributed by atoms with Crippen molar-refractivity contribution in [3.63, 3.8) is 0 Å². The van der Waals surface area contributed by atoms with Crippen LogP contribution in [0.3, 0.4) is 0 Å². The minimum atomic E-state index is -0.340. The molecule has 0 radical (unpaired) electrons. The molecule has 0 aliphatic carbocycles. The molecule has 3 heterocycles. The first-order valence-corrected chi connectivity index (χ1v) is 14.3. The van der Waals surface area contributed by atoms with Crippen molar-refractivity contribution in [1.29, 1.82) is 0 Å². The number of imidazole rings is 1. The third-order valence-electron chi connectivity index (χ3n) is 7.22. The smallest absolute Gasteiger partial charge is 0.329 e. The number of rotatable bonds is 9. The Labute approximate surface area is 261 Å². The van der Waals surface area contributed by atoms with Crippen molar-refractivity contribution in [2.75, 3.05) is 4.90 Å². The Balaban J connectivity index is 1.38. The molecule has 0 aliphatic heterocycles. The van der Waals surface area contributed by atoms with Gasteiger partial charge in [-0.2, -0.15) is 10.2 Å². The minimum Gasteiger partial charge on any atom is -0.482 e. The molecule has 14 heteroatoms. The molecule has 6 aromatic rings. The predicted octanol–water partition coefficient (Wildman–Crippen LogP) is 4.98. The summed E-state index contributed by atoms with van der Waals surface area (Å²) in [6, 6.07) is 14.9. The molecule has 1 amide bonds. The van der Waals surface area contributed by atoms with E-state index in [2.05, 4.69) is 30.4 Å². The van der Waals surface area contributed by atoms with Gasteiger partial charge in [0.1, 0.15) is 31.6 Å². The number of aromatic amines is 2. The summed E-state index contributed by atoms with van der Waals surface area (Å²) in [5.41, 5.74) is 4.93. The number of hydrogen-bond donors (Lipinski definition) is 2. The summed E-state index contributed by atoms with van der Waals surface area (Å²) in [6.07, 6.45) is 2.77. The van der Waals surface area contributed by atoms with Gasteiger partial charge in [-0.1, -0.05) is 40.9 Å². The summed E-state index contributed by atoms with van der Waals surface area (Å²) in [5, 5.41) is 13.8. The highest BCUT2D eigenvalue weighted by atomic mass is 35.5. The Morgan fingerprint density at radius 2 is 1.59 bits per heavy atom.